The van der Waals surface area contributed by atoms with Gasteiger partial charge in [-0.3, -0.25) is 0 Å². The second-order valence-corrected chi connectivity index (χ2v) is 7.86. The molecule has 0 radical (unpaired) electrons. The van der Waals surface area contributed by atoms with Crippen LogP contribution in [-0.2, 0) is 4.34 Å². The molecule has 0 aromatic carbocycles. The topological polar surface area (TPSA) is 80.6 Å². The molecule has 0 spiro atoms. The van der Waals surface area contributed by atoms with E-state index in [1.165, 1.54) is 0 Å². The van der Waals surface area contributed by atoms with Gasteiger partial charge in [-0.25, -0.2) is 15.8 Å². The fraction of sp³-hybridized carbons (Fsp3) is 0.500. The maximum Gasteiger partial charge on any atom is 0.399 e. The highest BCUT2D eigenvalue weighted by molar-refractivity contribution is 6.99. The van der Waals surface area contributed by atoms with Crippen molar-refractivity contribution in [1.82, 2.24) is 0 Å². The Kier molecular flexibility index (Phi) is 3.04. The van der Waals surface area contributed by atoms with Crippen LogP contribution in [0.4, 0.5) is 0 Å². The molecule has 0 aliphatic heterocycles. The number of nitriles is 3. The standard InChI is InChI=1S/C6H9BN3OSi/c1-12(2,3)11-7(4-8,5-9)6-10/h1-3H3/q-1. The summed E-state index contributed by atoms with van der Waals surface area (Å²) in [6.45, 7) is 5.49. The van der Waals surface area contributed by atoms with Crippen molar-refractivity contribution in [1.29, 1.82) is 15.8 Å². The van der Waals surface area contributed by atoms with E-state index in [0.29, 0.717) is 0 Å². The Morgan fingerprint density at radius 1 is 1.00 bits per heavy atom. The summed E-state index contributed by atoms with van der Waals surface area (Å²) in [6.07, 6.45) is -2.57. The Balaban J connectivity index is 4.76. The van der Waals surface area contributed by atoms with E-state index in [2.05, 4.69) is 0 Å². The smallest absolute Gasteiger partial charge is 0.399 e. The van der Waals surface area contributed by atoms with Crippen molar-refractivity contribution in [3.8, 4) is 17.9 Å². The quantitative estimate of drug-likeness (QED) is 0.590. The Morgan fingerprint density at radius 3 is 1.42 bits per heavy atom. The largest absolute Gasteiger partial charge is 0.602 e. The van der Waals surface area contributed by atoms with Gasteiger partial charge in [0.1, 0.15) is 8.32 Å². The summed E-state index contributed by atoms with van der Waals surface area (Å²) < 4.78 is 5.19. The van der Waals surface area contributed by atoms with E-state index in [4.69, 9.17) is 20.1 Å². The molecule has 0 aromatic heterocycles. The summed E-state index contributed by atoms with van der Waals surface area (Å²) in [5.74, 6) is 4.87. The van der Waals surface area contributed by atoms with Crippen LogP contribution in [0.2, 0.25) is 19.6 Å². The molecule has 0 saturated heterocycles. The third-order valence-electron chi connectivity index (χ3n) is 1.08. The van der Waals surface area contributed by atoms with Gasteiger partial charge in [0.15, 0.2) is 0 Å². The minimum absolute atomic E-state index is 1.62. The second-order valence-electron chi connectivity index (χ2n) is 3.40. The van der Waals surface area contributed by atoms with Crippen LogP contribution in [0.1, 0.15) is 0 Å². The van der Waals surface area contributed by atoms with Crippen LogP contribution in [0.5, 0.6) is 0 Å². The van der Waals surface area contributed by atoms with Crippen LogP contribution in [-0.4, -0.2) is 14.7 Å². The van der Waals surface area contributed by atoms with E-state index in [-0.39, 0.29) is 0 Å². The number of hydrogen-bond donors (Lipinski definition) is 0. The molecule has 0 aliphatic carbocycles. The molecule has 0 N–H and O–H groups in total. The number of nitrogens with zero attached hydrogens (tertiary/aromatic N) is 3. The van der Waals surface area contributed by atoms with Gasteiger partial charge in [0, 0.05) is 0 Å². The summed E-state index contributed by atoms with van der Waals surface area (Å²) in [5.41, 5.74) is 0. The molecular weight excluding hydrogens is 169 g/mol. The first-order valence-electron chi connectivity index (χ1n) is 3.48. The highest BCUT2D eigenvalue weighted by Gasteiger charge is 2.30. The first kappa shape index (κ1) is 10.7. The fourth-order valence-corrected chi connectivity index (χ4v) is 1.91. The predicted molar refractivity (Wildman–Crippen MR) is 47.0 cm³/mol. The third kappa shape index (κ3) is 2.76. The average Bonchev–Trinajstić information content (AvgIpc) is 1.99. The predicted octanol–water partition coefficient (Wildman–Crippen LogP) is 0.972. The summed E-state index contributed by atoms with van der Waals surface area (Å²) in [7, 11) is -2.00. The molecule has 12 heavy (non-hydrogen) atoms. The lowest BCUT2D eigenvalue weighted by Crippen LogP contribution is -2.44. The molecule has 0 aliphatic rings. The highest BCUT2D eigenvalue weighted by Crippen LogP contribution is 2.11. The van der Waals surface area contributed by atoms with Gasteiger partial charge in [-0.05, 0) is 19.6 Å². The zero-order chi connectivity index (χ0) is 9.83. The highest BCUT2D eigenvalue weighted by atomic mass is 28.4. The monoisotopic (exact) mass is 178 g/mol. The zero-order valence-corrected chi connectivity index (χ0v) is 8.33. The normalized spacial score (nSPS) is 11.0. The lowest BCUT2D eigenvalue weighted by atomic mass is 9.45. The first-order valence-corrected chi connectivity index (χ1v) is 6.88. The molecule has 0 unspecified atom stereocenters. The van der Waals surface area contributed by atoms with Crippen molar-refractivity contribution in [2.75, 3.05) is 0 Å². The van der Waals surface area contributed by atoms with Gasteiger partial charge in [0.2, 0.25) is 0 Å². The van der Waals surface area contributed by atoms with Crippen LogP contribution < -0.4 is 0 Å². The second kappa shape index (κ2) is 3.41. The maximum absolute atomic E-state index is 8.57. The van der Waals surface area contributed by atoms with E-state index in [1.807, 2.05) is 19.6 Å². The fourth-order valence-electron chi connectivity index (χ4n) is 0.696. The van der Waals surface area contributed by atoms with Crippen LogP contribution in [0, 0.1) is 33.7 Å². The van der Waals surface area contributed by atoms with Crippen molar-refractivity contribution in [2.45, 2.75) is 19.6 Å². The van der Waals surface area contributed by atoms with Crippen LogP contribution in [0.25, 0.3) is 0 Å². The number of hydrogen-bond acceptors (Lipinski definition) is 4. The van der Waals surface area contributed by atoms with Crippen LogP contribution in [0.15, 0.2) is 0 Å². The SMILES string of the molecule is C[Si](C)(C)O[B-](C#N)(C#N)C#N. The molecule has 0 rings (SSSR count). The van der Waals surface area contributed by atoms with Gasteiger partial charge < -0.3 is 4.34 Å². The first-order chi connectivity index (χ1) is 5.39. The lowest BCUT2D eigenvalue weighted by molar-refractivity contribution is 0.580. The molecule has 0 bridgehead atoms. The Labute approximate surface area is 73.1 Å². The van der Waals surface area contributed by atoms with E-state index in [1.54, 1.807) is 17.9 Å². The van der Waals surface area contributed by atoms with Crippen LogP contribution in [0.3, 0.4) is 0 Å². The molecule has 0 aromatic rings. The molecule has 0 heterocycles. The van der Waals surface area contributed by atoms with Gasteiger partial charge >= 0.3 is 6.35 Å². The summed E-state index contributed by atoms with van der Waals surface area (Å²) in [4.78, 5) is 0. The van der Waals surface area contributed by atoms with Crippen molar-refractivity contribution in [3.63, 3.8) is 0 Å². The molecular formula is C6H9BN3OSi-. The van der Waals surface area contributed by atoms with E-state index in [9.17, 15) is 0 Å². The van der Waals surface area contributed by atoms with Crippen molar-refractivity contribution in [2.24, 2.45) is 0 Å². The van der Waals surface area contributed by atoms with Gasteiger partial charge in [-0.2, -0.15) is 0 Å². The molecule has 6 heteroatoms. The molecule has 0 fully saturated rings. The molecule has 62 valence electrons. The van der Waals surface area contributed by atoms with Gasteiger partial charge in [0.05, 0.1) is 0 Å². The van der Waals surface area contributed by atoms with E-state index < -0.39 is 14.7 Å². The summed E-state index contributed by atoms with van der Waals surface area (Å²) in [6, 6.07) is 0. The van der Waals surface area contributed by atoms with Gasteiger partial charge in [0.25, 0.3) is 0 Å². The molecule has 0 amide bonds. The van der Waals surface area contributed by atoms with Crippen LogP contribution >= 0.6 is 0 Å². The molecule has 0 saturated carbocycles. The molecule has 0 atom stereocenters. The summed E-state index contributed by atoms with van der Waals surface area (Å²) in [5, 5.41) is 25.7. The van der Waals surface area contributed by atoms with Crippen molar-refractivity contribution >= 4 is 14.7 Å². The summed E-state index contributed by atoms with van der Waals surface area (Å²) >= 11 is 0. The minimum Gasteiger partial charge on any atom is -0.602 e. The minimum atomic E-state index is -2.57. The zero-order valence-electron chi connectivity index (χ0n) is 7.33. The Bertz CT molecular complexity index is 254. The Morgan fingerprint density at radius 2 is 1.33 bits per heavy atom. The average molecular weight is 178 g/mol. The molecule has 4 nitrogen and oxygen atoms in total. The third-order valence-corrected chi connectivity index (χ3v) is 2.14. The van der Waals surface area contributed by atoms with Gasteiger partial charge in [-0.15, -0.1) is 0 Å². The van der Waals surface area contributed by atoms with E-state index >= 15 is 0 Å². The lowest BCUT2D eigenvalue weighted by Gasteiger charge is -2.30. The number of rotatable bonds is 2. The van der Waals surface area contributed by atoms with Crippen molar-refractivity contribution in [3.05, 3.63) is 0 Å². The van der Waals surface area contributed by atoms with Gasteiger partial charge in [-0.1, -0.05) is 17.9 Å². The van der Waals surface area contributed by atoms with E-state index in [0.717, 1.165) is 0 Å². The van der Waals surface area contributed by atoms with Crippen molar-refractivity contribution < 1.29 is 4.34 Å². The Hall–Kier alpha value is -1.29. The maximum atomic E-state index is 8.57.